The highest BCUT2D eigenvalue weighted by Gasteiger charge is 2.30. The van der Waals surface area contributed by atoms with Crippen molar-refractivity contribution in [1.29, 1.82) is 0 Å². The molecule has 0 spiro atoms. The zero-order chi connectivity index (χ0) is 14.6. The Kier molecular flexibility index (Phi) is 4.36. The van der Waals surface area contributed by atoms with Crippen molar-refractivity contribution in [3.63, 3.8) is 0 Å². The van der Waals surface area contributed by atoms with Gasteiger partial charge in [-0.1, -0.05) is 18.2 Å². The van der Waals surface area contributed by atoms with Crippen LogP contribution in [0.3, 0.4) is 0 Å². The van der Waals surface area contributed by atoms with Gasteiger partial charge in [-0.3, -0.25) is 16.3 Å². The Hall–Kier alpha value is -1.92. The lowest BCUT2D eigenvalue weighted by molar-refractivity contribution is -0.137. The third kappa shape index (κ3) is 3.55. The number of rotatable bonds is 4. The first-order valence-electron chi connectivity index (χ1n) is 6.03. The number of nitrogens with one attached hydrogen (secondary N) is 1. The number of hydrazine groups is 1. The van der Waals surface area contributed by atoms with Crippen LogP contribution >= 0.6 is 0 Å². The monoisotopic (exact) mass is 281 g/mol. The van der Waals surface area contributed by atoms with Crippen molar-refractivity contribution >= 4 is 0 Å². The molecule has 106 valence electrons. The molecule has 1 aromatic heterocycles. The zero-order valence-corrected chi connectivity index (χ0v) is 10.6. The first-order valence-corrected chi connectivity index (χ1v) is 6.03. The number of nitrogens with two attached hydrogens (primary N) is 1. The molecule has 0 bridgehead atoms. The van der Waals surface area contributed by atoms with E-state index in [1.807, 2.05) is 6.07 Å². The highest BCUT2D eigenvalue weighted by Crippen LogP contribution is 2.31. The minimum atomic E-state index is -4.36. The molecule has 1 heterocycles. The summed E-state index contributed by atoms with van der Waals surface area (Å²) >= 11 is 0. The molecule has 2 rings (SSSR count). The number of alkyl halides is 3. The fourth-order valence-electron chi connectivity index (χ4n) is 1.96. The normalized spacial score (nSPS) is 13.2. The van der Waals surface area contributed by atoms with E-state index >= 15 is 0 Å². The van der Waals surface area contributed by atoms with E-state index in [4.69, 9.17) is 5.84 Å². The SMILES string of the molecule is NNC(Cc1cccnc1)c1cccc(C(F)(F)F)c1. The van der Waals surface area contributed by atoms with Crippen molar-refractivity contribution in [3.05, 3.63) is 65.5 Å². The summed E-state index contributed by atoms with van der Waals surface area (Å²) in [6.45, 7) is 0. The Balaban J connectivity index is 2.24. The van der Waals surface area contributed by atoms with Crippen molar-refractivity contribution in [1.82, 2.24) is 10.4 Å². The molecule has 3 N–H and O–H groups in total. The number of aromatic nitrogens is 1. The van der Waals surface area contributed by atoms with Crippen LogP contribution < -0.4 is 11.3 Å². The number of nitrogens with zero attached hydrogens (tertiary/aromatic N) is 1. The van der Waals surface area contributed by atoms with Gasteiger partial charge in [-0.25, -0.2) is 0 Å². The first-order chi connectivity index (χ1) is 9.50. The lowest BCUT2D eigenvalue weighted by atomic mass is 9.98. The van der Waals surface area contributed by atoms with E-state index in [1.54, 1.807) is 24.5 Å². The van der Waals surface area contributed by atoms with Gasteiger partial charge >= 0.3 is 6.18 Å². The summed E-state index contributed by atoms with van der Waals surface area (Å²) in [5.74, 6) is 5.46. The van der Waals surface area contributed by atoms with E-state index in [9.17, 15) is 13.2 Å². The molecule has 1 aromatic carbocycles. The molecule has 0 amide bonds. The number of hydrogen-bond donors (Lipinski definition) is 2. The van der Waals surface area contributed by atoms with E-state index in [0.29, 0.717) is 12.0 Å². The van der Waals surface area contributed by atoms with Crippen LogP contribution in [0.4, 0.5) is 13.2 Å². The summed E-state index contributed by atoms with van der Waals surface area (Å²) in [5, 5.41) is 0. The van der Waals surface area contributed by atoms with Gasteiger partial charge < -0.3 is 0 Å². The highest BCUT2D eigenvalue weighted by molar-refractivity contribution is 5.29. The zero-order valence-electron chi connectivity index (χ0n) is 10.6. The molecule has 1 unspecified atom stereocenters. The minimum absolute atomic E-state index is 0.401. The molecule has 0 aliphatic heterocycles. The van der Waals surface area contributed by atoms with Gasteiger partial charge in [0, 0.05) is 12.4 Å². The van der Waals surface area contributed by atoms with Gasteiger partial charge in [0.2, 0.25) is 0 Å². The molecule has 2 aromatic rings. The van der Waals surface area contributed by atoms with Gasteiger partial charge in [0.15, 0.2) is 0 Å². The van der Waals surface area contributed by atoms with Crippen molar-refractivity contribution in [2.75, 3.05) is 0 Å². The molecule has 6 heteroatoms. The van der Waals surface area contributed by atoms with Crippen LogP contribution in [0.5, 0.6) is 0 Å². The second-order valence-corrected chi connectivity index (χ2v) is 4.41. The minimum Gasteiger partial charge on any atom is -0.271 e. The van der Waals surface area contributed by atoms with Gasteiger partial charge in [-0.15, -0.1) is 0 Å². The maximum Gasteiger partial charge on any atom is 0.416 e. The highest BCUT2D eigenvalue weighted by atomic mass is 19.4. The van der Waals surface area contributed by atoms with E-state index < -0.39 is 17.8 Å². The Morgan fingerprint density at radius 3 is 2.60 bits per heavy atom. The Bertz CT molecular complexity index is 555. The Morgan fingerprint density at radius 1 is 1.20 bits per heavy atom. The second-order valence-electron chi connectivity index (χ2n) is 4.41. The third-order valence-corrected chi connectivity index (χ3v) is 2.98. The molecule has 0 saturated heterocycles. The van der Waals surface area contributed by atoms with Crippen LogP contribution in [0.25, 0.3) is 0 Å². The van der Waals surface area contributed by atoms with E-state index in [-0.39, 0.29) is 0 Å². The Morgan fingerprint density at radius 2 is 2.00 bits per heavy atom. The Labute approximate surface area is 114 Å². The predicted octanol–water partition coefficient (Wildman–Crippen LogP) is 2.85. The molecule has 0 aliphatic carbocycles. The molecule has 0 saturated carbocycles. The van der Waals surface area contributed by atoms with Crippen LogP contribution in [0, 0.1) is 0 Å². The number of benzene rings is 1. The summed E-state index contributed by atoms with van der Waals surface area (Å²) in [6, 6.07) is 8.38. The first kappa shape index (κ1) is 14.5. The molecule has 0 fully saturated rings. The lowest BCUT2D eigenvalue weighted by Gasteiger charge is -2.18. The standard InChI is InChI=1S/C14H14F3N3/c15-14(16,17)12-5-1-4-11(8-12)13(20-18)7-10-3-2-6-19-9-10/h1-6,8-9,13,20H,7,18H2. The van der Waals surface area contributed by atoms with Crippen molar-refractivity contribution in [2.24, 2.45) is 5.84 Å². The van der Waals surface area contributed by atoms with E-state index in [2.05, 4.69) is 10.4 Å². The maximum atomic E-state index is 12.7. The maximum absolute atomic E-state index is 12.7. The smallest absolute Gasteiger partial charge is 0.271 e. The third-order valence-electron chi connectivity index (χ3n) is 2.98. The topological polar surface area (TPSA) is 50.9 Å². The number of hydrogen-bond acceptors (Lipinski definition) is 3. The summed E-state index contributed by atoms with van der Waals surface area (Å²) in [4.78, 5) is 3.97. The summed E-state index contributed by atoms with van der Waals surface area (Å²) in [7, 11) is 0. The number of pyridine rings is 1. The van der Waals surface area contributed by atoms with E-state index in [1.165, 1.54) is 6.07 Å². The lowest BCUT2D eigenvalue weighted by Crippen LogP contribution is -2.29. The van der Waals surface area contributed by atoms with Gasteiger partial charge in [0.25, 0.3) is 0 Å². The molecule has 0 aliphatic rings. The van der Waals surface area contributed by atoms with Crippen molar-refractivity contribution in [3.8, 4) is 0 Å². The summed E-state index contributed by atoms with van der Waals surface area (Å²) in [6.07, 6.45) is -0.592. The van der Waals surface area contributed by atoms with Crippen LogP contribution in [0.15, 0.2) is 48.8 Å². The molecular weight excluding hydrogens is 267 g/mol. The molecule has 1 atom stereocenters. The predicted molar refractivity (Wildman–Crippen MR) is 69.4 cm³/mol. The number of halogens is 3. The average molecular weight is 281 g/mol. The van der Waals surface area contributed by atoms with Gasteiger partial charge in [0.1, 0.15) is 0 Å². The molecule has 0 radical (unpaired) electrons. The molecule has 3 nitrogen and oxygen atoms in total. The molecule has 20 heavy (non-hydrogen) atoms. The van der Waals surface area contributed by atoms with Gasteiger partial charge in [-0.2, -0.15) is 13.2 Å². The van der Waals surface area contributed by atoms with Gasteiger partial charge in [-0.05, 0) is 35.7 Å². The fourth-order valence-corrected chi connectivity index (χ4v) is 1.96. The largest absolute Gasteiger partial charge is 0.416 e. The van der Waals surface area contributed by atoms with Crippen molar-refractivity contribution < 1.29 is 13.2 Å². The van der Waals surface area contributed by atoms with Gasteiger partial charge in [0.05, 0.1) is 11.6 Å². The van der Waals surface area contributed by atoms with E-state index in [0.717, 1.165) is 17.7 Å². The van der Waals surface area contributed by atoms with Crippen LogP contribution in [-0.2, 0) is 12.6 Å². The van der Waals surface area contributed by atoms with Crippen LogP contribution in [0.2, 0.25) is 0 Å². The van der Waals surface area contributed by atoms with Crippen LogP contribution in [-0.4, -0.2) is 4.98 Å². The quantitative estimate of drug-likeness (QED) is 0.669. The summed E-state index contributed by atoms with van der Waals surface area (Å²) in [5.41, 5.74) is 3.26. The van der Waals surface area contributed by atoms with Crippen molar-refractivity contribution in [2.45, 2.75) is 18.6 Å². The second kappa shape index (κ2) is 6.02. The molecular formula is C14H14F3N3. The fraction of sp³-hybridized carbons (Fsp3) is 0.214. The summed E-state index contributed by atoms with van der Waals surface area (Å²) < 4.78 is 38.1. The average Bonchev–Trinajstić information content (AvgIpc) is 2.45. The van der Waals surface area contributed by atoms with Crippen LogP contribution in [0.1, 0.15) is 22.7 Å².